The Balaban J connectivity index is 1.20. The molecule has 0 aromatic carbocycles. The van der Waals surface area contributed by atoms with Crippen LogP contribution in [0.5, 0.6) is 0 Å². The molecule has 1 saturated carbocycles. The summed E-state index contributed by atoms with van der Waals surface area (Å²) in [5.74, 6) is 1.01. The first kappa shape index (κ1) is 25.1. The molecule has 0 aromatic heterocycles. The quantitative estimate of drug-likeness (QED) is 0.411. The van der Waals surface area contributed by atoms with Crippen molar-refractivity contribution in [1.29, 1.82) is 0 Å². The molecule has 3 rings (SSSR count). The predicted molar refractivity (Wildman–Crippen MR) is 129 cm³/mol. The lowest BCUT2D eigenvalue weighted by Crippen LogP contribution is -2.44. The maximum absolute atomic E-state index is 12.1. The molecule has 1 aliphatic carbocycles. The third kappa shape index (κ3) is 9.94. The zero-order chi connectivity index (χ0) is 22.4. The summed E-state index contributed by atoms with van der Waals surface area (Å²) in [6.07, 6.45) is 12.4. The number of urea groups is 2. The lowest BCUT2D eigenvalue weighted by molar-refractivity contribution is 0.212. The molecule has 8 nitrogen and oxygen atoms in total. The molecule has 184 valence electrons. The van der Waals surface area contributed by atoms with Gasteiger partial charge in [0, 0.05) is 39.3 Å². The molecule has 2 atom stereocenters. The van der Waals surface area contributed by atoms with Gasteiger partial charge in [-0.05, 0) is 83.0 Å². The number of carbonyl (C=O) groups is 2. The first-order chi connectivity index (χ1) is 15.7. The smallest absolute Gasteiger partial charge is 0.314 e. The van der Waals surface area contributed by atoms with Crippen molar-refractivity contribution in [1.82, 2.24) is 31.1 Å². The van der Waals surface area contributed by atoms with Crippen LogP contribution >= 0.6 is 0 Å². The van der Waals surface area contributed by atoms with Crippen LogP contribution in [0.2, 0.25) is 0 Å². The Morgan fingerprint density at radius 3 is 1.47 bits per heavy atom. The fourth-order valence-corrected chi connectivity index (χ4v) is 5.39. The third-order valence-electron chi connectivity index (χ3n) is 7.32. The van der Waals surface area contributed by atoms with Gasteiger partial charge in [0.15, 0.2) is 0 Å². The van der Waals surface area contributed by atoms with Crippen LogP contribution in [0.4, 0.5) is 9.59 Å². The van der Waals surface area contributed by atoms with Crippen LogP contribution in [0.3, 0.4) is 0 Å². The van der Waals surface area contributed by atoms with Crippen LogP contribution < -0.4 is 21.3 Å². The summed E-state index contributed by atoms with van der Waals surface area (Å²) in [6, 6.07) is -0.0920. The molecule has 2 heterocycles. The highest BCUT2D eigenvalue weighted by Gasteiger charge is 2.23. The molecule has 2 saturated heterocycles. The van der Waals surface area contributed by atoms with E-state index < -0.39 is 0 Å². The highest BCUT2D eigenvalue weighted by Crippen LogP contribution is 2.28. The van der Waals surface area contributed by atoms with E-state index in [2.05, 4.69) is 31.1 Å². The second-order valence-electron chi connectivity index (χ2n) is 9.98. The van der Waals surface area contributed by atoms with E-state index in [4.69, 9.17) is 0 Å². The summed E-state index contributed by atoms with van der Waals surface area (Å²) < 4.78 is 0. The number of nitrogens with one attached hydrogen (secondary N) is 4. The van der Waals surface area contributed by atoms with Crippen LogP contribution in [0.25, 0.3) is 0 Å². The van der Waals surface area contributed by atoms with E-state index >= 15 is 0 Å². The van der Waals surface area contributed by atoms with Gasteiger partial charge >= 0.3 is 12.1 Å². The van der Waals surface area contributed by atoms with Crippen molar-refractivity contribution >= 4 is 12.1 Å². The van der Waals surface area contributed by atoms with Crippen molar-refractivity contribution in [2.75, 3.05) is 65.4 Å². The highest BCUT2D eigenvalue weighted by molar-refractivity contribution is 5.74. The fraction of sp³-hybridized carbons (Fsp3) is 0.917. The highest BCUT2D eigenvalue weighted by atomic mass is 16.2. The Morgan fingerprint density at radius 2 is 1.03 bits per heavy atom. The first-order valence-corrected chi connectivity index (χ1v) is 13.2. The van der Waals surface area contributed by atoms with Gasteiger partial charge in [0.25, 0.3) is 0 Å². The second-order valence-corrected chi connectivity index (χ2v) is 9.98. The van der Waals surface area contributed by atoms with Gasteiger partial charge in [-0.3, -0.25) is 0 Å². The summed E-state index contributed by atoms with van der Waals surface area (Å²) in [7, 11) is 0. The van der Waals surface area contributed by atoms with Gasteiger partial charge in [-0.1, -0.05) is 19.3 Å². The minimum absolute atomic E-state index is 0.0460. The summed E-state index contributed by atoms with van der Waals surface area (Å²) in [4.78, 5) is 29.1. The average molecular weight is 451 g/mol. The molecule has 3 fully saturated rings. The number of likely N-dealkylation sites (tertiary alicyclic amines) is 2. The lowest BCUT2D eigenvalue weighted by atomic mass is 9.81. The van der Waals surface area contributed by atoms with Crippen molar-refractivity contribution in [3.8, 4) is 0 Å². The number of carbonyl (C=O) groups excluding carboxylic acids is 2. The lowest BCUT2D eigenvalue weighted by Gasteiger charge is -2.30. The fourth-order valence-electron chi connectivity index (χ4n) is 5.39. The molecule has 4 N–H and O–H groups in total. The molecule has 3 aliphatic rings. The van der Waals surface area contributed by atoms with Crippen molar-refractivity contribution in [3.63, 3.8) is 0 Å². The molecule has 8 heteroatoms. The van der Waals surface area contributed by atoms with Crippen LogP contribution in [-0.2, 0) is 0 Å². The Labute approximate surface area is 194 Å². The molecule has 0 unspecified atom stereocenters. The monoisotopic (exact) mass is 450 g/mol. The van der Waals surface area contributed by atoms with Gasteiger partial charge in [-0.15, -0.1) is 0 Å². The van der Waals surface area contributed by atoms with E-state index in [1.807, 2.05) is 0 Å². The largest absolute Gasteiger partial charge is 0.338 e. The Kier molecular flexibility index (Phi) is 11.4. The first-order valence-electron chi connectivity index (χ1n) is 13.2. The molecule has 0 radical (unpaired) electrons. The zero-order valence-corrected chi connectivity index (χ0v) is 20.0. The number of nitrogens with zero attached hydrogens (tertiary/aromatic N) is 2. The molecule has 2 aliphatic heterocycles. The third-order valence-corrected chi connectivity index (χ3v) is 7.32. The average Bonchev–Trinajstić information content (AvgIpc) is 2.83. The molecule has 4 amide bonds. The van der Waals surface area contributed by atoms with Crippen molar-refractivity contribution in [2.45, 2.75) is 64.2 Å². The molecule has 32 heavy (non-hydrogen) atoms. The number of rotatable bonds is 10. The van der Waals surface area contributed by atoms with Gasteiger partial charge < -0.3 is 31.1 Å². The number of hydrogen-bond acceptors (Lipinski definition) is 4. The maximum Gasteiger partial charge on any atom is 0.314 e. The van der Waals surface area contributed by atoms with Gasteiger partial charge in [0.2, 0.25) is 0 Å². The maximum atomic E-state index is 12.1. The van der Waals surface area contributed by atoms with Crippen molar-refractivity contribution in [3.05, 3.63) is 0 Å². The van der Waals surface area contributed by atoms with Gasteiger partial charge in [-0.2, -0.15) is 0 Å². The van der Waals surface area contributed by atoms with E-state index in [1.165, 1.54) is 44.9 Å². The number of amides is 4. The Hall–Kier alpha value is -1.54. The standard InChI is InChI=1S/C24H46N6O2/c31-23(25-10-16-29-12-3-1-4-13-29)27-19-21-8-7-9-22(18-21)20-28-24(32)26-11-17-30-14-5-2-6-15-30/h21-22H,1-20H2,(H2,25,27,31)(H2,26,28,32)/t21-,22-/m0/s1. The molecule has 0 aromatic rings. The Bertz CT molecular complexity index is 503. The van der Waals surface area contributed by atoms with E-state index in [0.29, 0.717) is 11.8 Å². The molecular weight excluding hydrogens is 404 g/mol. The predicted octanol–water partition coefficient (Wildman–Crippen LogP) is 2.36. The van der Waals surface area contributed by atoms with Crippen LogP contribution in [-0.4, -0.2) is 87.3 Å². The number of piperidine rings is 2. The normalized spacial score (nSPS) is 25.1. The second kappa shape index (κ2) is 14.6. The van der Waals surface area contributed by atoms with Crippen LogP contribution in [0.15, 0.2) is 0 Å². The summed E-state index contributed by atoms with van der Waals surface area (Å²) in [5, 5.41) is 12.1. The van der Waals surface area contributed by atoms with Gasteiger partial charge in [0.05, 0.1) is 0 Å². The SMILES string of the molecule is O=C(NCCN1CCCCC1)NC[C@H]1CCC[C@H](CNC(=O)NCCN2CCCCC2)C1. The minimum Gasteiger partial charge on any atom is -0.338 e. The van der Waals surface area contributed by atoms with E-state index in [-0.39, 0.29) is 12.1 Å². The van der Waals surface area contributed by atoms with Crippen LogP contribution in [0, 0.1) is 11.8 Å². The van der Waals surface area contributed by atoms with Crippen molar-refractivity contribution in [2.24, 2.45) is 11.8 Å². The van der Waals surface area contributed by atoms with E-state index in [9.17, 15) is 9.59 Å². The Morgan fingerprint density at radius 1 is 0.594 bits per heavy atom. The van der Waals surface area contributed by atoms with E-state index in [0.717, 1.165) is 84.7 Å². The minimum atomic E-state index is -0.0460. The van der Waals surface area contributed by atoms with Gasteiger partial charge in [0.1, 0.15) is 0 Å². The topological polar surface area (TPSA) is 88.7 Å². The number of hydrogen-bond donors (Lipinski definition) is 4. The molecular formula is C24H46N6O2. The van der Waals surface area contributed by atoms with Crippen molar-refractivity contribution < 1.29 is 9.59 Å². The zero-order valence-electron chi connectivity index (χ0n) is 20.0. The van der Waals surface area contributed by atoms with Crippen LogP contribution in [0.1, 0.15) is 64.2 Å². The van der Waals surface area contributed by atoms with Gasteiger partial charge in [-0.25, -0.2) is 9.59 Å². The summed E-state index contributed by atoms with van der Waals surface area (Å²) in [6.45, 7) is 9.45. The van der Waals surface area contributed by atoms with E-state index in [1.54, 1.807) is 0 Å². The molecule has 0 spiro atoms. The summed E-state index contributed by atoms with van der Waals surface area (Å²) >= 11 is 0. The molecule has 0 bridgehead atoms. The summed E-state index contributed by atoms with van der Waals surface area (Å²) in [5.41, 5.74) is 0.